The minimum absolute atomic E-state index is 0.00527. The lowest BCUT2D eigenvalue weighted by atomic mass is 9.86. The van der Waals surface area contributed by atoms with Crippen LogP contribution in [0.1, 0.15) is 34.6 Å². The van der Waals surface area contributed by atoms with Crippen LogP contribution in [0.25, 0.3) is 0 Å². The summed E-state index contributed by atoms with van der Waals surface area (Å²) in [6.07, 6.45) is 0.996. The molecule has 0 aromatic carbocycles. The number of esters is 1. The summed E-state index contributed by atoms with van der Waals surface area (Å²) in [4.78, 5) is 22.5. The van der Waals surface area contributed by atoms with Gasteiger partial charge < -0.3 is 14.9 Å². The van der Waals surface area contributed by atoms with Gasteiger partial charge in [0, 0.05) is 17.1 Å². The van der Waals surface area contributed by atoms with Crippen LogP contribution < -0.4 is 0 Å². The quantitative estimate of drug-likeness (QED) is 0.578. The molecule has 0 aliphatic rings. The van der Waals surface area contributed by atoms with Gasteiger partial charge in [-0.2, -0.15) is 0 Å². The Morgan fingerprint density at radius 2 is 1.67 bits per heavy atom. The molecule has 0 aromatic heterocycles. The van der Waals surface area contributed by atoms with Crippen LogP contribution in [0, 0.1) is 10.8 Å². The fraction of sp³-hybridized carbons (Fsp3) is 0.692. The highest BCUT2D eigenvalue weighted by molar-refractivity contribution is 5.96. The van der Waals surface area contributed by atoms with E-state index in [1.54, 1.807) is 34.6 Å². The van der Waals surface area contributed by atoms with Gasteiger partial charge in [-0.3, -0.25) is 0 Å². The average molecular weight is 258 g/mol. The summed E-state index contributed by atoms with van der Waals surface area (Å²) >= 11 is 0. The second kappa shape index (κ2) is 6.00. The summed E-state index contributed by atoms with van der Waals surface area (Å²) in [6, 6.07) is 0. The van der Waals surface area contributed by atoms with E-state index in [4.69, 9.17) is 14.9 Å². The van der Waals surface area contributed by atoms with E-state index >= 15 is 0 Å². The van der Waals surface area contributed by atoms with E-state index in [0.717, 1.165) is 6.08 Å². The van der Waals surface area contributed by atoms with Crippen LogP contribution in [0.2, 0.25) is 0 Å². The van der Waals surface area contributed by atoms with Gasteiger partial charge in [-0.25, -0.2) is 9.59 Å². The van der Waals surface area contributed by atoms with E-state index in [1.165, 1.54) is 0 Å². The fourth-order valence-electron chi connectivity index (χ4n) is 1.07. The maximum absolute atomic E-state index is 11.5. The van der Waals surface area contributed by atoms with Gasteiger partial charge >= 0.3 is 11.9 Å². The minimum Gasteiger partial charge on any atom is -0.478 e. The van der Waals surface area contributed by atoms with Crippen molar-refractivity contribution in [3.63, 3.8) is 0 Å². The third-order valence-electron chi connectivity index (χ3n) is 2.33. The normalized spacial score (nSPS) is 13.3. The molecule has 5 heteroatoms. The average Bonchev–Trinajstić information content (AvgIpc) is 2.21. The summed E-state index contributed by atoms with van der Waals surface area (Å²) in [5.41, 5.74) is -1.18. The van der Waals surface area contributed by atoms with Crippen LogP contribution in [0.5, 0.6) is 0 Å². The first-order chi connectivity index (χ1) is 7.99. The minimum atomic E-state index is -1.14. The van der Waals surface area contributed by atoms with E-state index < -0.39 is 22.8 Å². The lowest BCUT2D eigenvalue weighted by Gasteiger charge is -2.21. The molecule has 0 saturated heterocycles. The standard InChI is InChI=1S/C13H22O5/c1-12(2,3)9(11(16)17)6-10(15)18-8-13(4,5)7-14/h6,14H,7-8H2,1-5H3,(H,16,17). The molecule has 0 saturated carbocycles. The number of ether oxygens (including phenoxy) is 1. The van der Waals surface area contributed by atoms with Crippen LogP contribution >= 0.6 is 0 Å². The number of carbonyl (C=O) groups is 2. The van der Waals surface area contributed by atoms with Gasteiger partial charge in [-0.1, -0.05) is 34.6 Å². The van der Waals surface area contributed by atoms with Crippen molar-refractivity contribution in [3.05, 3.63) is 11.6 Å². The highest BCUT2D eigenvalue weighted by Gasteiger charge is 2.25. The van der Waals surface area contributed by atoms with Gasteiger partial charge in [-0.05, 0) is 5.41 Å². The summed E-state index contributed by atoms with van der Waals surface area (Å²) < 4.78 is 4.93. The molecular weight excluding hydrogens is 236 g/mol. The third-order valence-corrected chi connectivity index (χ3v) is 2.33. The molecule has 0 amide bonds. The summed E-state index contributed by atoms with van der Waals surface area (Å²) in [6.45, 7) is 8.52. The molecule has 0 fully saturated rings. The van der Waals surface area contributed by atoms with Gasteiger partial charge in [0.1, 0.15) is 0 Å². The fourth-order valence-corrected chi connectivity index (χ4v) is 1.07. The Bertz CT molecular complexity index is 347. The predicted octanol–water partition coefficient (Wildman–Crippen LogP) is 1.61. The molecule has 104 valence electrons. The molecule has 0 aliphatic carbocycles. The van der Waals surface area contributed by atoms with Crippen molar-refractivity contribution in [2.75, 3.05) is 13.2 Å². The first-order valence-electron chi connectivity index (χ1n) is 5.73. The zero-order valence-electron chi connectivity index (χ0n) is 11.6. The number of hydrogen-bond donors (Lipinski definition) is 2. The lowest BCUT2D eigenvalue weighted by molar-refractivity contribution is -0.142. The highest BCUT2D eigenvalue weighted by atomic mass is 16.5. The number of carboxylic acid groups (broad SMARTS) is 1. The van der Waals surface area contributed by atoms with Crippen molar-refractivity contribution in [2.45, 2.75) is 34.6 Å². The highest BCUT2D eigenvalue weighted by Crippen LogP contribution is 2.25. The molecule has 0 spiro atoms. The zero-order chi connectivity index (χ0) is 14.6. The number of aliphatic hydroxyl groups excluding tert-OH is 1. The van der Waals surface area contributed by atoms with Crippen LogP contribution in [0.3, 0.4) is 0 Å². The Balaban J connectivity index is 4.75. The van der Waals surface area contributed by atoms with Crippen LogP contribution in [-0.4, -0.2) is 35.4 Å². The van der Waals surface area contributed by atoms with Crippen molar-refractivity contribution in [3.8, 4) is 0 Å². The summed E-state index contributed by atoms with van der Waals surface area (Å²) in [7, 11) is 0. The topological polar surface area (TPSA) is 83.8 Å². The molecule has 0 unspecified atom stereocenters. The molecule has 0 aromatic rings. The lowest BCUT2D eigenvalue weighted by Crippen LogP contribution is -2.26. The second-order valence-electron chi connectivity index (χ2n) is 6.04. The Kier molecular flexibility index (Phi) is 5.55. The van der Waals surface area contributed by atoms with Crippen molar-refractivity contribution >= 4 is 11.9 Å². The van der Waals surface area contributed by atoms with E-state index in [-0.39, 0.29) is 18.8 Å². The SMILES string of the molecule is CC(C)(CO)COC(=O)C=C(C(=O)O)C(C)(C)C. The van der Waals surface area contributed by atoms with Crippen molar-refractivity contribution in [2.24, 2.45) is 10.8 Å². The van der Waals surface area contributed by atoms with Crippen LogP contribution in [0.4, 0.5) is 0 Å². The number of carbonyl (C=O) groups excluding carboxylic acids is 1. The third kappa shape index (κ3) is 5.82. The van der Waals surface area contributed by atoms with Gasteiger partial charge in [-0.15, -0.1) is 0 Å². The van der Waals surface area contributed by atoms with Gasteiger partial charge in [0.05, 0.1) is 13.2 Å². The van der Waals surface area contributed by atoms with Crippen LogP contribution in [0.15, 0.2) is 11.6 Å². The zero-order valence-corrected chi connectivity index (χ0v) is 11.6. The van der Waals surface area contributed by atoms with Crippen LogP contribution in [-0.2, 0) is 14.3 Å². The van der Waals surface area contributed by atoms with E-state index in [1.807, 2.05) is 0 Å². The molecule has 0 bridgehead atoms. The summed E-state index contributed by atoms with van der Waals surface area (Å²) in [5, 5.41) is 18.0. The Hall–Kier alpha value is -1.36. The van der Waals surface area contributed by atoms with E-state index in [2.05, 4.69) is 0 Å². The van der Waals surface area contributed by atoms with E-state index in [9.17, 15) is 9.59 Å². The Morgan fingerprint density at radius 1 is 1.17 bits per heavy atom. The van der Waals surface area contributed by atoms with Gasteiger partial charge in [0.2, 0.25) is 0 Å². The second-order valence-corrected chi connectivity index (χ2v) is 6.04. The number of aliphatic carboxylic acids is 1. The number of hydrogen-bond acceptors (Lipinski definition) is 4. The molecule has 5 nitrogen and oxygen atoms in total. The maximum atomic E-state index is 11.5. The first-order valence-corrected chi connectivity index (χ1v) is 5.73. The smallest absolute Gasteiger partial charge is 0.332 e. The molecule has 0 radical (unpaired) electrons. The molecule has 2 N–H and O–H groups in total. The Labute approximate surface area is 107 Å². The largest absolute Gasteiger partial charge is 0.478 e. The summed E-state index contributed by atoms with van der Waals surface area (Å²) in [5.74, 6) is -1.84. The molecular formula is C13H22O5. The maximum Gasteiger partial charge on any atom is 0.332 e. The molecule has 0 heterocycles. The van der Waals surface area contributed by atoms with Crippen molar-refractivity contribution < 1.29 is 24.5 Å². The number of aliphatic hydroxyl groups is 1. The Morgan fingerprint density at radius 3 is 2.00 bits per heavy atom. The van der Waals surface area contributed by atoms with Gasteiger partial charge in [0.25, 0.3) is 0 Å². The van der Waals surface area contributed by atoms with Crippen molar-refractivity contribution in [1.29, 1.82) is 0 Å². The predicted molar refractivity (Wildman–Crippen MR) is 67.0 cm³/mol. The monoisotopic (exact) mass is 258 g/mol. The van der Waals surface area contributed by atoms with E-state index in [0.29, 0.717) is 0 Å². The molecule has 18 heavy (non-hydrogen) atoms. The first kappa shape index (κ1) is 16.6. The molecule has 0 atom stereocenters. The number of carboxylic acids is 1. The molecule has 0 rings (SSSR count). The van der Waals surface area contributed by atoms with Crippen molar-refractivity contribution in [1.82, 2.24) is 0 Å². The van der Waals surface area contributed by atoms with Gasteiger partial charge in [0.15, 0.2) is 0 Å². The molecule has 0 aliphatic heterocycles. The number of rotatable bonds is 5.